The number of rotatable bonds is 5. The number of nitrogens with one attached hydrogen (secondary N) is 1. The van der Waals surface area contributed by atoms with Crippen LogP contribution in [-0.4, -0.2) is 59.2 Å². The highest BCUT2D eigenvalue weighted by molar-refractivity contribution is 6.31. The van der Waals surface area contributed by atoms with Gasteiger partial charge >= 0.3 is 6.09 Å². The monoisotopic (exact) mass is 440 g/mol. The van der Waals surface area contributed by atoms with E-state index in [9.17, 15) is 4.79 Å². The van der Waals surface area contributed by atoms with Crippen LogP contribution in [0.5, 0.6) is 0 Å². The summed E-state index contributed by atoms with van der Waals surface area (Å²) < 4.78 is 5.51. The number of fused-ring (bicyclic) bond motifs is 1. The number of nitrogens with zero attached hydrogens (tertiary/aromatic N) is 5. The van der Waals surface area contributed by atoms with Crippen molar-refractivity contribution in [2.45, 2.75) is 25.5 Å². The summed E-state index contributed by atoms with van der Waals surface area (Å²) in [7, 11) is 3.38. The average molecular weight is 441 g/mol. The van der Waals surface area contributed by atoms with E-state index in [0.29, 0.717) is 17.5 Å². The molecule has 0 unspecified atom stereocenters. The fourth-order valence-corrected chi connectivity index (χ4v) is 3.73. The number of anilines is 2. The zero-order chi connectivity index (χ0) is 21.8. The first-order valence-electron chi connectivity index (χ1n) is 10.2. The normalized spacial score (nSPS) is 14.5. The van der Waals surface area contributed by atoms with E-state index in [1.165, 1.54) is 4.90 Å². The summed E-state index contributed by atoms with van der Waals surface area (Å²) in [6, 6.07) is 9.57. The highest BCUT2D eigenvalue weighted by Gasteiger charge is 2.25. The number of pyridine rings is 1. The van der Waals surface area contributed by atoms with Gasteiger partial charge in [-0.3, -0.25) is 0 Å². The van der Waals surface area contributed by atoms with Crippen molar-refractivity contribution in [3.63, 3.8) is 0 Å². The molecule has 0 aliphatic carbocycles. The Morgan fingerprint density at radius 2 is 2.00 bits per heavy atom. The zero-order valence-electron chi connectivity index (χ0n) is 17.6. The van der Waals surface area contributed by atoms with Crippen molar-refractivity contribution in [2.24, 2.45) is 0 Å². The first kappa shape index (κ1) is 21.1. The number of piperidine rings is 1. The fraction of sp³-hybridized carbons (Fsp3) is 0.364. The second-order valence-corrected chi connectivity index (χ2v) is 8.08. The maximum Gasteiger partial charge on any atom is 0.409 e. The molecular formula is C22H25ClN6O2. The van der Waals surface area contributed by atoms with Crippen LogP contribution in [0.1, 0.15) is 18.4 Å². The van der Waals surface area contributed by atoms with E-state index in [2.05, 4.69) is 25.2 Å². The van der Waals surface area contributed by atoms with E-state index in [1.54, 1.807) is 26.5 Å². The summed E-state index contributed by atoms with van der Waals surface area (Å²) in [6.45, 7) is 2.05. The van der Waals surface area contributed by atoms with Crippen LogP contribution in [0.25, 0.3) is 10.9 Å². The molecule has 4 rings (SSSR count). The molecule has 9 heteroatoms. The summed E-state index contributed by atoms with van der Waals surface area (Å²) in [5.41, 5.74) is 1.81. The Labute approximate surface area is 186 Å². The van der Waals surface area contributed by atoms with Gasteiger partial charge in [-0.2, -0.15) is 0 Å². The largest absolute Gasteiger partial charge is 0.446 e. The molecule has 162 valence electrons. The molecule has 1 fully saturated rings. The number of amides is 1. The third-order valence-corrected chi connectivity index (χ3v) is 5.63. The molecule has 1 amide bonds. The van der Waals surface area contributed by atoms with Gasteiger partial charge in [0.15, 0.2) is 0 Å². The average Bonchev–Trinajstić information content (AvgIpc) is 2.78. The van der Waals surface area contributed by atoms with Gasteiger partial charge in [-0.15, -0.1) is 0 Å². The minimum Gasteiger partial charge on any atom is -0.446 e. The first-order chi connectivity index (χ1) is 15.0. The quantitative estimate of drug-likeness (QED) is 0.642. The molecule has 0 radical (unpaired) electrons. The van der Waals surface area contributed by atoms with Crippen LogP contribution < -0.4 is 10.2 Å². The number of halogens is 1. The molecule has 0 saturated carbocycles. The number of carbonyl (C=O) groups is 1. The molecule has 2 aromatic heterocycles. The van der Waals surface area contributed by atoms with Crippen LogP contribution in [-0.2, 0) is 11.3 Å². The smallest absolute Gasteiger partial charge is 0.409 e. The minimum atomic E-state index is -0.299. The van der Waals surface area contributed by atoms with Crippen LogP contribution in [0, 0.1) is 0 Å². The maximum absolute atomic E-state index is 11.8. The van der Waals surface area contributed by atoms with Crippen LogP contribution in [0.15, 0.2) is 42.7 Å². The second kappa shape index (κ2) is 9.34. The number of ether oxygens (including phenoxy) is 1. The van der Waals surface area contributed by atoms with Crippen LogP contribution in [0.3, 0.4) is 0 Å². The number of hydrogen-bond donors (Lipinski definition) is 1. The molecule has 0 bridgehead atoms. The SMILES string of the molecule is CN(C)C(=O)OC1CCN(c2nccc3nc(NCc4ccccc4Cl)ncc23)CC1. The Balaban J connectivity index is 1.44. The van der Waals surface area contributed by atoms with E-state index < -0.39 is 0 Å². The number of carbonyl (C=O) groups excluding carboxylic acids is 1. The first-order valence-corrected chi connectivity index (χ1v) is 10.6. The van der Waals surface area contributed by atoms with Gasteiger partial charge in [-0.25, -0.2) is 19.7 Å². The molecule has 0 spiro atoms. The Kier molecular flexibility index (Phi) is 6.36. The van der Waals surface area contributed by atoms with Crippen molar-refractivity contribution in [1.29, 1.82) is 0 Å². The van der Waals surface area contributed by atoms with Gasteiger partial charge in [0.05, 0.1) is 10.9 Å². The predicted molar refractivity (Wildman–Crippen MR) is 122 cm³/mol. The maximum atomic E-state index is 11.8. The Morgan fingerprint density at radius 1 is 1.23 bits per heavy atom. The van der Waals surface area contributed by atoms with Crippen molar-refractivity contribution < 1.29 is 9.53 Å². The molecular weight excluding hydrogens is 416 g/mol. The molecule has 0 atom stereocenters. The summed E-state index contributed by atoms with van der Waals surface area (Å²) in [4.78, 5) is 29.1. The molecule has 3 aromatic rings. The van der Waals surface area contributed by atoms with Crippen LogP contribution >= 0.6 is 11.6 Å². The van der Waals surface area contributed by atoms with Crippen LogP contribution in [0.2, 0.25) is 5.02 Å². The van der Waals surface area contributed by atoms with E-state index in [0.717, 1.165) is 48.2 Å². The van der Waals surface area contributed by atoms with Gasteiger partial charge in [0.1, 0.15) is 11.9 Å². The second-order valence-electron chi connectivity index (χ2n) is 7.67. The van der Waals surface area contributed by atoms with Crippen molar-refractivity contribution in [3.8, 4) is 0 Å². The van der Waals surface area contributed by atoms with Gasteiger partial charge in [0, 0.05) is 64.0 Å². The van der Waals surface area contributed by atoms with Gasteiger partial charge in [-0.05, 0) is 17.7 Å². The van der Waals surface area contributed by atoms with Crippen LogP contribution in [0.4, 0.5) is 16.6 Å². The van der Waals surface area contributed by atoms with E-state index >= 15 is 0 Å². The minimum absolute atomic E-state index is 0.0713. The Morgan fingerprint density at radius 3 is 2.74 bits per heavy atom. The standard InChI is InChI=1S/C22H25ClN6O2/c1-28(2)22(30)31-16-8-11-29(12-9-16)20-17-14-26-21(27-19(17)7-10-24-20)25-13-15-5-3-4-6-18(15)23/h3-7,10,14,16H,8-9,11-13H2,1-2H3,(H,25,26,27). The Bertz CT molecular complexity index is 1070. The van der Waals surface area contributed by atoms with Crippen molar-refractivity contribution in [1.82, 2.24) is 19.9 Å². The molecule has 1 aromatic carbocycles. The van der Waals surface area contributed by atoms with Crippen molar-refractivity contribution >= 4 is 40.4 Å². The third-order valence-electron chi connectivity index (χ3n) is 5.26. The Hall–Kier alpha value is -3.13. The lowest BCUT2D eigenvalue weighted by Gasteiger charge is -2.33. The summed E-state index contributed by atoms with van der Waals surface area (Å²) in [5, 5.41) is 4.84. The van der Waals surface area contributed by atoms with E-state index in [-0.39, 0.29) is 12.2 Å². The lowest BCUT2D eigenvalue weighted by atomic mass is 10.1. The molecule has 1 aliphatic rings. The topological polar surface area (TPSA) is 83.5 Å². The van der Waals surface area contributed by atoms with Gasteiger partial charge in [-0.1, -0.05) is 29.8 Å². The number of aromatic nitrogens is 3. The fourth-order valence-electron chi connectivity index (χ4n) is 3.53. The zero-order valence-corrected chi connectivity index (χ0v) is 18.3. The molecule has 1 N–H and O–H groups in total. The lowest BCUT2D eigenvalue weighted by Crippen LogP contribution is -2.39. The van der Waals surface area contributed by atoms with E-state index in [4.69, 9.17) is 16.3 Å². The molecule has 1 saturated heterocycles. The number of hydrogen-bond acceptors (Lipinski definition) is 7. The lowest BCUT2D eigenvalue weighted by molar-refractivity contribution is 0.0625. The van der Waals surface area contributed by atoms with Crippen molar-refractivity contribution in [2.75, 3.05) is 37.4 Å². The molecule has 1 aliphatic heterocycles. The van der Waals surface area contributed by atoms with Gasteiger partial charge in [0.2, 0.25) is 5.95 Å². The predicted octanol–water partition coefficient (Wildman–Crippen LogP) is 3.96. The van der Waals surface area contributed by atoms with Crippen molar-refractivity contribution in [3.05, 3.63) is 53.3 Å². The third kappa shape index (κ3) is 4.96. The molecule has 8 nitrogen and oxygen atoms in total. The molecule has 3 heterocycles. The molecule has 31 heavy (non-hydrogen) atoms. The summed E-state index contributed by atoms with van der Waals surface area (Å²) in [6.07, 6.45) is 4.72. The van der Waals surface area contributed by atoms with Gasteiger partial charge in [0.25, 0.3) is 0 Å². The number of benzene rings is 1. The summed E-state index contributed by atoms with van der Waals surface area (Å²) >= 11 is 6.22. The van der Waals surface area contributed by atoms with E-state index in [1.807, 2.05) is 30.3 Å². The summed E-state index contributed by atoms with van der Waals surface area (Å²) in [5.74, 6) is 1.39. The van der Waals surface area contributed by atoms with Gasteiger partial charge < -0.3 is 19.9 Å². The highest BCUT2D eigenvalue weighted by Crippen LogP contribution is 2.27. The highest BCUT2D eigenvalue weighted by atomic mass is 35.5.